The first-order valence-electron chi connectivity index (χ1n) is 6.27. The molecule has 0 N–H and O–H groups in total. The lowest BCUT2D eigenvalue weighted by Crippen LogP contribution is -2.18. The lowest BCUT2D eigenvalue weighted by molar-refractivity contribution is -0.385. The number of halogens is 1. The molecule has 0 aliphatic carbocycles. The highest BCUT2D eigenvalue weighted by Gasteiger charge is 2.19. The van der Waals surface area contributed by atoms with E-state index < -0.39 is 34.8 Å². The average Bonchev–Trinajstić information content (AvgIpc) is 2.53. The van der Waals surface area contributed by atoms with Gasteiger partial charge < -0.3 is 9.47 Å². The summed E-state index contributed by atoms with van der Waals surface area (Å²) in [6, 6.07) is 10.4. The second kappa shape index (κ2) is 7.00. The first kappa shape index (κ1) is 15.9. The molecule has 0 spiro atoms. The van der Waals surface area contributed by atoms with Crippen LogP contribution in [0.4, 0.5) is 10.1 Å². The molecule has 116 valence electrons. The maximum Gasteiger partial charge on any atom is 0.349 e. The zero-order valence-electron chi connectivity index (χ0n) is 11.6. The molecule has 7 nitrogen and oxygen atoms in total. The molecule has 8 heteroatoms. The minimum absolute atomic E-state index is 0.315. The fourth-order valence-corrected chi connectivity index (χ4v) is 1.64. The molecule has 0 bridgehead atoms. The van der Waals surface area contributed by atoms with Crippen molar-refractivity contribution in [1.29, 1.82) is 5.26 Å². The molecule has 0 saturated heterocycles. The van der Waals surface area contributed by atoms with Crippen LogP contribution in [0.1, 0.15) is 5.56 Å². The predicted octanol–water partition coefficient (Wildman–Crippen LogP) is 2.59. The number of hydrogen-bond acceptors (Lipinski definition) is 6. The maximum absolute atomic E-state index is 13.1. The van der Waals surface area contributed by atoms with Crippen LogP contribution in [0.5, 0.6) is 11.5 Å². The largest absolute Gasteiger partial charge is 0.482 e. The summed E-state index contributed by atoms with van der Waals surface area (Å²) in [6.07, 6.45) is 0. The van der Waals surface area contributed by atoms with Gasteiger partial charge in [-0.15, -0.1) is 0 Å². The van der Waals surface area contributed by atoms with Gasteiger partial charge in [-0.25, -0.2) is 9.18 Å². The van der Waals surface area contributed by atoms with Crippen molar-refractivity contribution in [3.8, 4) is 17.6 Å². The zero-order valence-corrected chi connectivity index (χ0v) is 11.6. The highest BCUT2D eigenvalue weighted by molar-refractivity contribution is 5.75. The number of nitriles is 1. The normalized spacial score (nSPS) is 9.74. The molecule has 0 amide bonds. The highest BCUT2D eigenvalue weighted by Crippen LogP contribution is 2.27. The summed E-state index contributed by atoms with van der Waals surface area (Å²) in [4.78, 5) is 21.7. The van der Waals surface area contributed by atoms with Crippen LogP contribution in [0.15, 0.2) is 42.5 Å². The van der Waals surface area contributed by atoms with Gasteiger partial charge in [0.2, 0.25) is 5.75 Å². The Bertz CT molecular complexity index is 783. The smallest absolute Gasteiger partial charge is 0.349 e. The highest BCUT2D eigenvalue weighted by atomic mass is 19.1. The van der Waals surface area contributed by atoms with E-state index in [2.05, 4.69) is 0 Å². The van der Waals surface area contributed by atoms with E-state index in [1.165, 1.54) is 24.3 Å². The van der Waals surface area contributed by atoms with Gasteiger partial charge in [-0.05, 0) is 30.3 Å². The molecule has 2 rings (SSSR count). The summed E-state index contributed by atoms with van der Waals surface area (Å²) in [6.45, 7) is -0.528. The van der Waals surface area contributed by atoms with Crippen molar-refractivity contribution in [2.24, 2.45) is 0 Å². The minimum Gasteiger partial charge on any atom is -0.482 e. The Kier molecular flexibility index (Phi) is 4.84. The SMILES string of the molecule is N#Cc1ccc(OCC(=O)Oc2cc(F)ccc2[N+](=O)[O-])cc1. The Morgan fingerprint density at radius 2 is 1.96 bits per heavy atom. The number of nitro benzene ring substituents is 1. The Balaban J connectivity index is 2.01. The molecule has 0 saturated carbocycles. The number of rotatable bonds is 5. The first-order chi connectivity index (χ1) is 11.0. The van der Waals surface area contributed by atoms with E-state index >= 15 is 0 Å². The van der Waals surface area contributed by atoms with E-state index in [4.69, 9.17) is 14.7 Å². The van der Waals surface area contributed by atoms with Gasteiger partial charge in [0, 0.05) is 12.1 Å². The van der Waals surface area contributed by atoms with Crippen LogP contribution in [0, 0.1) is 27.3 Å². The maximum atomic E-state index is 13.1. The quantitative estimate of drug-likeness (QED) is 0.363. The van der Waals surface area contributed by atoms with Gasteiger partial charge in [0.25, 0.3) is 0 Å². The van der Waals surface area contributed by atoms with Crippen LogP contribution in [0.3, 0.4) is 0 Å². The Morgan fingerprint density at radius 3 is 2.57 bits per heavy atom. The van der Waals surface area contributed by atoms with E-state index in [1.54, 1.807) is 0 Å². The van der Waals surface area contributed by atoms with E-state index in [1.807, 2.05) is 6.07 Å². The summed E-state index contributed by atoms with van der Waals surface area (Å²) in [5, 5.41) is 19.4. The van der Waals surface area contributed by atoms with Gasteiger partial charge in [0.05, 0.1) is 16.6 Å². The topological polar surface area (TPSA) is 102 Å². The van der Waals surface area contributed by atoms with Crippen LogP contribution in [0.25, 0.3) is 0 Å². The number of ether oxygens (including phenoxy) is 2. The van der Waals surface area contributed by atoms with E-state index in [0.29, 0.717) is 11.3 Å². The zero-order chi connectivity index (χ0) is 16.8. The second-order valence-corrected chi connectivity index (χ2v) is 4.27. The van der Waals surface area contributed by atoms with E-state index in [-0.39, 0.29) is 0 Å². The number of nitro groups is 1. The number of esters is 1. The fourth-order valence-electron chi connectivity index (χ4n) is 1.64. The molecule has 23 heavy (non-hydrogen) atoms. The molecule has 0 radical (unpaired) electrons. The second-order valence-electron chi connectivity index (χ2n) is 4.27. The third-order valence-electron chi connectivity index (χ3n) is 2.68. The van der Waals surface area contributed by atoms with Crippen molar-refractivity contribution in [2.75, 3.05) is 6.61 Å². The molecular weight excluding hydrogens is 307 g/mol. The number of carbonyl (C=O) groups excluding carboxylic acids is 1. The lowest BCUT2D eigenvalue weighted by atomic mass is 10.2. The van der Waals surface area contributed by atoms with Crippen molar-refractivity contribution < 1.29 is 23.6 Å². The van der Waals surface area contributed by atoms with E-state index in [9.17, 15) is 19.3 Å². The Morgan fingerprint density at radius 1 is 1.26 bits per heavy atom. The molecule has 2 aromatic rings. The molecule has 0 fully saturated rings. The van der Waals surface area contributed by atoms with Crippen molar-refractivity contribution >= 4 is 11.7 Å². The van der Waals surface area contributed by atoms with Gasteiger partial charge >= 0.3 is 11.7 Å². The Labute approximate surface area is 129 Å². The molecule has 0 unspecified atom stereocenters. The van der Waals surface area contributed by atoms with Crippen LogP contribution in [-0.4, -0.2) is 17.5 Å². The monoisotopic (exact) mass is 316 g/mol. The molecule has 2 aromatic carbocycles. The molecule has 0 heterocycles. The number of benzene rings is 2. The third kappa shape index (κ3) is 4.25. The predicted molar refractivity (Wildman–Crippen MR) is 75.3 cm³/mol. The summed E-state index contributed by atoms with van der Waals surface area (Å²) in [5.41, 5.74) is -0.103. The molecule has 0 aromatic heterocycles. The fraction of sp³-hybridized carbons (Fsp3) is 0.0667. The lowest BCUT2D eigenvalue weighted by Gasteiger charge is -2.07. The standard InChI is InChI=1S/C15H9FN2O5/c16-11-3-6-13(18(20)21)14(7-11)23-15(19)9-22-12-4-1-10(8-17)2-5-12/h1-7H,9H2. The van der Waals surface area contributed by atoms with Crippen LogP contribution in [0.2, 0.25) is 0 Å². The molecule has 0 aliphatic rings. The summed E-state index contributed by atoms with van der Waals surface area (Å²) < 4.78 is 23.0. The van der Waals surface area contributed by atoms with Crippen LogP contribution in [-0.2, 0) is 4.79 Å². The summed E-state index contributed by atoms with van der Waals surface area (Å²) in [7, 11) is 0. The van der Waals surface area contributed by atoms with Crippen molar-refractivity contribution in [3.05, 3.63) is 64.0 Å². The first-order valence-corrected chi connectivity index (χ1v) is 6.27. The number of hydrogen-bond donors (Lipinski definition) is 0. The Hall–Kier alpha value is -3.47. The third-order valence-corrected chi connectivity index (χ3v) is 2.68. The van der Waals surface area contributed by atoms with Crippen LogP contribution >= 0.6 is 0 Å². The number of carbonyl (C=O) groups is 1. The van der Waals surface area contributed by atoms with Gasteiger partial charge in [0.1, 0.15) is 11.6 Å². The molecule has 0 atom stereocenters. The van der Waals surface area contributed by atoms with Gasteiger partial charge in [-0.2, -0.15) is 5.26 Å². The van der Waals surface area contributed by atoms with Crippen molar-refractivity contribution in [2.45, 2.75) is 0 Å². The van der Waals surface area contributed by atoms with Crippen molar-refractivity contribution in [1.82, 2.24) is 0 Å². The summed E-state index contributed by atoms with van der Waals surface area (Å²) >= 11 is 0. The number of nitrogens with zero attached hydrogens (tertiary/aromatic N) is 2. The minimum atomic E-state index is -0.928. The van der Waals surface area contributed by atoms with Crippen molar-refractivity contribution in [3.63, 3.8) is 0 Å². The van der Waals surface area contributed by atoms with Gasteiger partial charge in [0.15, 0.2) is 6.61 Å². The van der Waals surface area contributed by atoms with E-state index in [0.717, 1.165) is 18.2 Å². The van der Waals surface area contributed by atoms with Crippen LogP contribution < -0.4 is 9.47 Å². The summed E-state index contributed by atoms with van der Waals surface area (Å²) in [5.74, 6) is -1.88. The van der Waals surface area contributed by atoms with Gasteiger partial charge in [-0.3, -0.25) is 10.1 Å². The average molecular weight is 316 g/mol. The van der Waals surface area contributed by atoms with Gasteiger partial charge in [-0.1, -0.05) is 0 Å². The molecular formula is C15H9FN2O5. The molecule has 0 aliphatic heterocycles.